The van der Waals surface area contributed by atoms with Crippen LogP contribution in [0.15, 0.2) is 65.6 Å². The SMILES string of the molecule is O=C(/C=C/c1ccccc1)NC(=S)Nc1ccc(S(=O)(=O)N2CCCCC2)cc1. The van der Waals surface area contributed by atoms with Gasteiger partial charge in [-0.25, -0.2) is 8.42 Å². The topological polar surface area (TPSA) is 78.5 Å². The number of hydrogen-bond donors (Lipinski definition) is 2. The molecule has 0 atom stereocenters. The van der Waals surface area contributed by atoms with Gasteiger partial charge in [0, 0.05) is 24.9 Å². The van der Waals surface area contributed by atoms with Crippen LogP contribution < -0.4 is 10.6 Å². The molecule has 1 heterocycles. The molecule has 152 valence electrons. The number of anilines is 1. The molecule has 2 aromatic rings. The Labute approximate surface area is 176 Å². The lowest BCUT2D eigenvalue weighted by Crippen LogP contribution is -2.35. The van der Waals surface area contributed by atoms with Crippen LogP contribution in [0, 0.1) is 0 Å². The van der Waals surface area contributed by atoms with Crippen LogP contribution in [0.1, 0.15) is 24.8 Å². The monoisotopic (exact) mass is 429 g/mol. The number of hydrogen-bond acceptors (Lipinski definition) is 4. The summed E-state index contributed by atoms with van der Waals surface area (Å²) in [6.07, 6.45) is 5.95. The van der Waals surface area contributed by atoms with Crippen molar-refractivity contribution in [1.29, 1.82) is 0 Å². The molecule has 0 saturated carbocycles. The Morgan fingerprint density at radius 1 is 0.966 bits per heavy atom. The third-order valence-corrected chi connectivity index (χ3v) is 6.65. The molecule has 0 radical (unpaired) electrons. The van der Waals surface area contributed by atoms with Crippen LogP contribution in [-0.4, -0.2) is 36.8 Å². The lowest BCUT2D eigenvalue weighted by atomic mass is 10.2. The average Bonchev–Trinajstić information content (AvgIpc) is 2.74. The van der Waals surface area contributed by atoms with Crippen molar-refractivity contribution in [3.8, 4) is 0 Å². The number of amides is 1. The van der Waals surface area contributed by atoms with Crippen molar-refractivity contribution in [2.45, 2.75) is 24.2 Å². The number of rotatable bonds is 5. The van der Waals surface area contributed by atoms with E-state index in [1.54, 1.807) is 30.3 Å². The molecule has 0 unspecified atom stereocenters. The Hall–Kier alpha value is -2.55. The molecule has 3 rings (SSSR count). The number of piperidine rings is 1. The van der Waals surface area contributed by atoms with Crippen LogP contribution in [-0.2, 0) is 14.8 Å². The zero-order valence-electron chi connectivity index (χ0n) is 15.9. The second kappa shape index (κ2) is 9.78. The largest absolute Gasteiger partial charge is 0.332 e. The maximum absolute atomic E-state index is 12.7. The van der Waals surface area contributed by atoms with Crippen LogP contribution in [0.3, 0.4) is 0 Å². The minimum Gasteiger partial charge on any atom is -0.332 e. The van der Waals surface area contributed by atoms with Gasteiger partial charge < -0.3 is 5.32 Å². The van der Waals surface area contributed by atoms with E-state index in [9.17, 15) is 13.2 Å². The molecule has 1 amide bonds. The van der Waals surface area contributed by atoms with Crippen molar-refractivity contribution in [1.82, 2.24) is 9.62 Å². The van der Waals surface area contributed by atoms with Gasteiger partial charge >= 0.3 is 0 Å². The van der Waals surface area contributed by atoms with Crippen LogP contribution in [0.5, 0.6) is 0 Å². The van der Waals surface area contributed by atoms with Crippen molar-refractivity contribution in [2.24, 2.45) is 0 Å². The molecule has 0 bridgehead atoms. The number of benzene rings is 2. The number of carbonyl (C=O) groups excluding carboxylic acids is 1. The van der Waals surface area contributed by atoms with Gasteiger partial charge in [0.2, 0.25) is 15.9 Å². The van der Waals surface area contributed by atoms with E-state index in [2.05, 4.69) is 10.6 Å². The third kappa shape index (κ3) is 5.96. The van der Waals surface area contributed by atoms with Crippen molar-refractivity contribution in [2.75, 3.05) is 18.4 Å². The summed E-state index contributed by atoms with van der Waals surface area (Å²) in [6, 6.07) is 15.8. The van der Waals surface area contributed by atoms with E-state index in [4.69, 9.17) is 12.2 Å². The first-order valence-corrected chi connectivity index (χ1v) is 11.3. The summed E-state index contributed by atoms with van der Waals surface area (Å²) in [5.41, 5.74) is 1.51. The van der Waals surface area contributed by atoms with Crippen LogP contribution in [0.2, 0.25) is 0 Å². The molecule has 0 aliphatic carbocycles. The molecule has 2 aromatic carbocycles. The molecule has 29 heavy (non-hydrogen) atoms. The number of sulfonamides is 1. The summed E-state index contributed by atoms with van der Waals surface area (Å²) >= 11 is 5.15. The van der Waals surface area contributed by atoms with Crippen molar-refractivity contribution in [3.05, 3.63) is 66.2 Å². The van der Waals surface area contributed by atoms with Gasteiger partial charge in [-0.1, -0.05) is 36.8 Å². The molecule has 1 fully saturated rings. The van der Waals surface area contributed by atoms with E-state index in [-0.39, 0.29) is 15.9 Å². The summed E-state index contributed by atoms with van der Waals surface area (Å²) in [6.45, 7) is 1.13. The highest BCUT2D eigenvalue weighted by Crippen LogP contribution is 2.21. The average molecular weight is 430 g/mol. The van der Waals surface area contributed by atoms with Gasteiger partial charge in [-0.15, -0.1) is 0 Å². The Kier molecular flexibility index (Phi) is 7.13. The third-order valence-electron chi connectivity index (χ3n) is 4.53. The summed E-state index contributed by atoms with van der Waals surface area (Å²) < 4.78 is 26.9. The molecule has 6 nitrogen and oxygen atoms in total. The fraction of sp³-hybridized carbons (Fsp3) is 0.238. The number of nitrogens with zero attached hydrogens (tertiary/aromatic N) is 1. The van der Waals surface area contributed by atoms with Gasteiger partial charge in [-0.2, -0.15) is 4.31 Å². The maximum Gasteiger partial charge on any atom is 0.250 e. The molecule has 8 heteroatoms. The smallest absolute Gasteiger partial charge is 0.250 e. The van der Waals surface area contributed by atoms with E-state index < -0.39 is 10.0 Å². The fourth-order valence-electron chi connectivity index (χ4n) is 3.02. The van der Waals surface area contributed by atoms with E-state index in [1.165, 1.54) is 10.4 Å². The minimum absolute atomic E-state index is 0.138. The van der Waals surface area contributed by atoms with Crippen LogP contribution >= 0.6 is 12.2 Å². The Bertz CT molecular complexity index is 982. The van der Waals surface area contributed by atoms with Crippen molar-refractivity contribution in [3.63, 3.8) is 0 Å². The summed E-state index contributed by atoms with van der Waals surface area (Å²) in [7, 11) is -3.47. The predicted molar refractivity (Wildman–Crippen MR) is 119 cm³/mol. The zero-order chi connectivity index (χ0) is 20.7. The predicted octanol–water partition coefficient (Wildman–Crippen LogP) is 3.39. The Morgan fingerprint density at radius 3 is 2.28 bits per heavy atom. The molecule has 0 aromatic heterocycles. The second-order valence-electron chi connectivity index (χ2n) is 6.68. The highest BCUT2D eigenvalue weighted by Gasteiger charge is 2.25. The van der Waals surface area contributed by atoms with Crippen molar-refractivity contribution < 1.29 is 13.2 Å². The van der Waals surface area contributed by atoms with E-state index in [1.807, 2.05) is 30.3 Å². The van der Waals surface area contributed by atoms with Gasteiger partial charge in [0.05, 0.1) is 4.90 Å². The molecule has 0 spiro atoms. The number of nitrogens with one attached hydrogen (secondary N) is 2. The van der Waals surface area contributed by atoms with Gasteiger partial charge in [-0.3, -0.25) is 10.1 Å². The number of carbonyl (C=O) groups is 1. The highest BCUT2D eigenvalue weighted by atomic mass is 32.2. The van der Waals surface area contributed by atoms with Crippen LogP contribution in [0.25, 0.3) is 6.08 Å². The molecule has 1 aliphatic heterocycles. The number of thiocarbonyl (C=S) groups is 1. The molecule has 1 aliphatic rings. The first-order valence-electron chi connectivity index (χ1n) is 9.40. The standard InChI is InChI=1S/C21H23N3O3S2/c25-20(14-9-17-7-3-1-4-8-17)23-21(28)22-18-10-12-19(13-11-18)29(26,27)24-15-5-2-6-16-24/h1,3-4,7-14H,2,5-6,15-16H2,(H2,22,23,25,28)/b14-9+. The summed E-state index contributed by atoms with van der Waals surface area (Å²) in [5, 5.41) is 5.59. The molecular weight excluding hydrogens is 406 g/mol. The zero-order valence-corrected chi connectivity index (χ0v) is 17.5. The molecule has 1 saturated heterocycles. The van der Waals surface area contributed by atoms with E-state index in [0.717, 1.165) is 24.8 Å². The van der Waals surface area contributed by atoms with Crippen molar-refractivity contribution >= 4 is 45.0 Å². The van der Waals surface area contributed by atoms with Gasteiger partial charge in [0.15, 0.2) is 5.11 Å². The quantitative estimate of drug-likeness (QED) is 0.563. The minimum atomic E-state index is -3.47. The molecular formula is C21H23N3O3S2. The van der Waals surface area contributed by atoms with E-state index in [0.29, 0.717) is 18.8 Å². The fourth-order valence-corrected chi connectivity index (χ4v) is 4.75. The maximum atomic E-state index is 12.7. The normalized spacial score (nSPS) is 15.2. The Morgan fingerprint density at radius 2 is 1.62 bits per heavy atom. The second-order valence-corrected chi connectivity index (χ2v) is 9.02. The summed E-state index contributed by atoms with van der Waals surface area (Å²) in [5.74, 6) is -0.351. The lowest BCUT2D eigenvalue weighted by molar-refractivity contribution is -0.115. The van der Waals surface area contributed by atoms with E-state index >= 15 is 0 Å². The van der Waals surface area contributed by atoms with Gasteiger partial charge in [0.1, 0.15) is 0 Å². The highest BCUT2D eigenvalue weighted by molar-refractivity contribution is 7.89. The first-order chi connectivity index (χ1) is 13.9. The van der Waals surface area contributed by atoms with Crippen LogP contribution in [0.4, 0.5) is 5.69 Å². The first kappa shape index (κ1) is 21.2. The lowest BCUT2D eigenvalue weighted by Gasteiger charge is -2.25. The van der Waals surface area contributed by atoms with Gasteiger partial charge in [0.25, 0.3) is 0 Å². The summed E-state index contributed by atoms with van der Waals surface area (Å²) in [4.78, 5) is 12.2. The Balaban J connectivity index is 1.55. The molecule has 2 N–H and O–H groups in total. The van der Waals surface area contributed by atoms with Gasteiger partial charge in [-0.05, 0) is 61.0 Å².